The highest BCUT2D eigenvalue weighted by Gasteiger charge is 2.36. The first-order valence-electron chi connectivity index (χ1n) is 7.82. The number of aromatic nitrogens is 2. The first kappa shape index (κ1) is 16.5. The molecule has 0 amide bonds. The number of nitrogens with zero attached hydrogens (tertiary/aromatic N) is 2. The summed E-state index contributed by atoms with van der Waals surface area (Å²) in [6, 6.07) is 7.86. The average Bonchev–Trinajstić information content (AvgIpc) is 3.09. The van der Waals surface area contributed by atoms with E-state index in [9.17, 15) is 13.2 Å². The minimum Gasteiger partial charge on any atom is -0.480 e. The zero-order valence-corrected chi connectivity index (χ0v) is 13.2. The van der Waals surface area contributed by atoms with Crippen molar-refractivity contribution in [2.75, 3.05) is 12.4 Å². The van der Waals surface area contributed by atoms with Crippen LogP contribution in [0.3, 0.4) is 0 Å². The lowest BCUT2D eigenvalue weighted by molar-refractivity contribution is -0.139. The SMILES string of the molecule is COc1nc(Nc2ccc(C3CCCC3)cc2)ncc1C(F)(F)F. The van der Waals surface area contributed by atoms with Crippen molar-refractivity contribution in [1.29, 1.82) is 0 Å². The Bertz CT molecular complexity index is 695. The number of benzene rings is 1. The van der Waals surface area contributed by atoms with E-state index in [1.54, 1.807) is 0 Å². The standard InChI is InChI=1S/C17H18F3N3O/c1-24-15-14(17(18,19)20)10-21-16(23-15)22-13-8-6-12(7-9-13)11-4-2-3-5-11/h6-11H,2-5H2,1H3,(H,21,22,23). The molecule has 1 fully saturated rings. The van der Waals surface area contributed by atoms with Crippen LogP contribution in [0, 0.1) is 0 Å². The molecule has 3 rings (SSSR count). The number of hydrogen-bond donors (Lipinski definition) is 1. The van der Waals surface area contributed by atoms with E-state index in [1.807, 2.05) is 24.3 Å². The Morgan fingerprint density at radius 1 is 1.12 bits per heavy atom. The molecule has 1 heterocycles. The van der Waals surface area contributed by atoms with Crippen LogP contribution >= 0.6 is 0 Å². The van der Waals surface area contributed by atoms with Crippen LogP contribution in [-0.2, 0) is 6.18 Å². The monoisotopic (exact) mass is 337 g/mol. The molecular weight excluding hydrogens is 319 g/mol. The fourth-order valence-electron chi connectivity index (χ4n) is 3.00. The molecule has 2 aromatic rings. The number of hydrogen-bond acceptors (Lipinski definition) is 4. The summed E-state index contributed by atoms with van der Waals surface area (Å²) < 4.78 is 43.1. The van der Waals surface area contributed by atoms with Crippen molar-refractivity contribution in [2.24, 2.45) is 0 Å². The molecule has 1 aromatic carbocycles. The second kappa shape index (κ2) is 6.67. The van der Waals surface area contributed by atoms with Gasteiger partial charge in [0.15, 0.2) is 0 Å². The van der Waals surface area contributed by atoms with Crippen LogP contribution in [0.25, 0.3) is 0 Å². The lowest BCUT2D eigenvalue weighted by atomic mass is 9.98. The van der Waals surface area contributed by atoms with Crippen molar-refractivity contribution in [3.05, 3.63) is 41.6 Å². The molecule has 0 aliphatic heterocycles. The fourth-order valence-corrected chi connectivity index (χ4v) is 3.00. The van der Waals surface area contributed by atoms with Crippen molar-refractivity contribution in [1.82, 2.24) is 9.97 Å². The topological polar surface area (TPSA) is 47.0 Å². The Hall–Kier alpha value is -2.31. The van der Waals surface area contributed by atoms with Crippen LogP contribution < -0.4 is 10.1 Å². The summed E-state index contributed by atoms with van der Waals surface area (Å²) in [6.07, 6.45) is 1.14. The summed E-state index contributed by atoms with van der Waals surface area (Å²) >= 11 is 0. The van der Waals surface area contributed by atoms with Crippen molar-refractivity contribution in [2.45, 2.75) is 37.8 Å². The largest absolute Gasteiger partial charge is 0.480 e. The molecule has 0 bridgehead atoms. The Morgan fingerprint density at radius 2 is 1.79 bits per heavy atom. The number of rotatable bonds is 4. The number of ether oxygens (including phenoxy) is 1. The third-order valence-electron chi connectivity index (χ3n) is 4.25. The first-order chi connectivity index (χ1) is 11.5. The van der Waals surface area contributed by atoms with Crippen molar-refractivity contribution in [3.63, 3.8) is 0 Å². The molecule has 0 unspecified atom stereocenters. The van der Waals surface area contributed by atoms with Crippen molar-refractivity contribution in [3.8, 4) is 5.88 Å². The van der Waals surface area contributed by atoms with Gasteiger partial charge in [0.25, 0.3) is 0 Å². The normalized spacial score (nSPS) is 15.5. The number of halogens is 3. The zero-order valence-electron chi connectivity index (χ0n) is 13.2. The van der Waals surface area contributed by atoms with E-state index in [0.717, 1.165) is 19.0 Å². The maximum atomic E-state index is 12.8. The Balaban J connectivity index is 1.76. The molecule has 4 nitrogen and oxygen atoms in total. The number of nitrogens with one attached hydrogen (secondary N) is 1. The summed E-state index contributed by atoms with van der Waals surface area (Å²) in [5.41, 5.74) is 1.02. The van der Waals surface area contributed by atoms with Gasteiger partial charge in [-0.05, 0) is 36.5 Å². The summed E-state index contributed by atoms with van der Waals surface area (Å²) in [4.78, 5) is 7.52. The third-order valence-corrected chi connectivity index (χ3v) is 4.25. The maximum absolute atomic E-state index is 12.8. The van der Waals surface area contributed by atoms with Crippen LogP contribution in [0.5, 0.6) is 5.88 Å². The van der Waals surface area contributed by atoms with Gasteiger partial charge < -0.3 is 10.1 Å². The molecule has 128 valence electrons. The number of anilines is 2. The van der Waals surface area contributed by atoms with Gasteiger partial charge in [-0.15, -0.1) is 0 Å². The van der Waals surface area contributed by atoms with E-state index in [1.165, 1.54) is 31.2 Å². The second-order valence-electron chi connectivity index (χ2n) is 5.84. The van der Waals surface area contributed by atoms with Gasteiger partial charge in [-0.3, -0.25) is 0 Å². The third kappa shape index (κ3) is 3.60. The van der Waals surface area contributed by atoms with Gasteiger partial charge in [-0.1, -0.05) is 25.0 Å². The minimum atomic E-state index is -4.55. The van der Waals surface area contributed by atoms with Crippen molar-refractivity contribution < 1.29 is 17.9 Å². The molecule has 0 saturated heterocycles. The van der Waals surface area contributed by atoms with Crippen LogP contribution in [0.4, 0.5) is 24.8 Å². The maximum Gasteiger partial charge on any atom is 0.423 e. The number of methoxy groups -OCH3 is 1. The fraction of sp³-hybridized carbons (Fsp3) is 0.412. The van der Waals surface area contributed by atoms with Gasteiger partial charge in [-0.25, -0.2) is 4.98 Å². The molecule has 0 atom stereocenters. The predicted octanol–water partition coefficient (Wildman–Crippen LogP) is 4.91. The highest BCUT2D eigenvalue weighted by molar-refractivity contribution is 5.54. The average molecular weight is 337 g/mol. The summed E-state index contributed by atoms with van der Waals surface area (Å²) in [7, 11) is 1.15. The van der Waals surface area contributed by atoms with Gasteiger partial charge in [0.05, 0.1) is 7.11 Å². The molecule has 1 aliphatic carbocycles. The Labute approximate surface area is 138 Å². The van der Waals surface area contributed by atoms with Gasteiger partial charge in [0, 0.05) is 11.9 Å². The van der Waals surface area contributed by atoms with Gasteiger partial charge in [-0.2, -0.15) is 18.2 Å². The molecule has 0 radical (unpaired) electrons. The quantitative estimate of drug-likeness (QED) is 0.861. The zero-order chi connectivity index (χ0) is 17.2. The molecule has 1 saturated carbocycles. The van der Waals surface area contributed by atoms with Crippen LogP contribution in [-0.4, -0.2) is 17.1 Å². The van der Waals surface area contributed by atoms with Gasteiger partial charge >= 0.3 is 6.18 Å². The highest BCUT2D eigenvalue weighted by Crippen LogP contribution is 2.36. The summed E-state index contributed by atoms with van der Waals surface area (Å²) in [6.45, 7) is 0. The Kier molecular flexibility index (Phi) is 4.59. The van der Waals surface area contributed by atoms with Crippen LogP contribution in [0.1, 0.15) is 42.7 Å². The molecule has 1 aromatic heterocycles. The predicted molar refractivity (Wildman–Crippen MR) is 84.5 cm³/mol. The molecule has 0 spiro atoms. The van der Waals surface area contributed by atoms with E-state index in [4.69, 9.17) is 4.74 Å². The Morgan fingerprint density at radius 3 is 2.38 bits per heavy atom. The molecule has 1 aliphatic rings. The smallest absolute Gasteiger partial charge is 0.423 e. The van der Waals surface area contributed by atoms with E-state index in [2.05, 4.69) is 15.3 Å². The van der Waals surface area contributed by atoms with Gasteiger partial charge in [0.1, 0.15) is 5.56 Å². The highest BCUT2D eigenvalue weighted by atomic mass is 19.4. The van der Waals surface area contributed by atoms with Crippen molar-refractivity contribution >= 4 is 11.6 Å². The second-order valence-corrected chi connectivity index (χ2v) is 5.84. The molecule has 7 heteroatoms. The van der Waals surface area contributed by atoms with Crippen LogP contribution in [0.15, 0.2) is 30.5 Å². The molecular formula is C17H18F3N3O. The lowest BCUT2D eigenvalue weighted by Crippen LogP contribution is -2.11. The summed E-state index contributed by atoms with van der Waals surface area (Å²) in [5.74, 6) is 0.178. The summed E-state index contributed by atoms with van der Waals surface area (Å²) in [5, 5.41) is 2.91. The first-order valence-corrected chi connectivity index (χ1v) is 7.82. The van der Waals surface area contributed by atoms with Gasteiger partial charge in [0.2, 0.25) is 11.8 Å². The minimum absolute atomic E-state index is 0.0634. The van der Waals surface area contributed by atoms with E-state index >= 15 is 0 Å². The lowest BCUT2D eigenvalue weighted by Gasteiger charge is -2.13. The van der Waals surface area contributed by atoms with E-state index < -0.39 is 17.6 Å². The molecule has 1 N–H and O–H groups in total. The van der Waals surface area contributed by atoms with E-state index in [0.29, 0.717) is 5.92 Å². The molecule has 24 heavy (non-hydrogen) atoms. The number of alkyl halides is 3. The van der Waals surface area contributed by atoms with E-state index in [-0.39, 0.29) is 5.95 Å². The van der Waals surface area contributed by atoms with Crippen LogP contribution in [0.2, 0.25) is 0 Å².